The van der Waals surface area contributed by atoms with Gasteiger partial charge in [0.1, 0.15) is 0 Å². The number of thiocarbonyl (C=S) groups is 1. The van der Waals surface area contributed by atoms with Gasteiger partial charge in [-0.2, -0.15) is 4.99 Å². The van der Waals surface area contributed by atoms with Crippen LogP contribution in [0, 0.1) is 13.8 Å². The third kappa shape index (κ3) is 2.22. The highest BCUT2D eigenvalue weighted by Gasteiger charge is 1.92. The number of nitrogens with zero attached hydrogens (tertiary/aromatic N) is 2. The minimum atomic E-state index is 0.637. The van der Waals surface area contributed by atoms with Crippen molar-refractivity contribution in [3.8, 4) is 0 Å². The molecule has 1 rings (SSSR count). The number of hydrogen-bond acceptors (Lipinski definition) is 3. The SMILES string of the molecule is Cc1cc(C)nc(N=C=S)c1. The number of aliphatic imine (C=N–C) groups is 1. The third-order valence-electron chi connectivity index (χ3n) is 1.24. The Kier molecular flexibility index (Phi) is 2.47. The number of hydrogen-bond donors (Lipinski definition) is 0. The van der Waals surface area contributed by atoms with Crippen molar-refractivity contribution in [2.45, 2.75) is 13.8 Å². The fourth-order valence-corrected chi connectivity index (χ4v) is 1.02. The maximum atomic E-state index is 4.46. The van der Waals surface area contributed by atoms with Crippen molar-refractivity contribution in [1.29, 1.82) is 0 Å². The molecule has 0 aliphatic rings. The first kappa shape index (κ1) is 8.05. The minimum absolute atomic E-state index is 0.637. The predicted octanol–water partition coefficient (Wildman–Crippen LogP) is 2.43. The molecule has 0 aliphatic heterocycles. The van der Waals surface area contributed by atoms with E-state index in [1.54, 1.807) is 0 Å². The van der Waals surface area contributed by atoms with Crippen molar-refractivity contribution in [3.05, 3.63) is 23.4 Å². The molecule has 0 N–H and O–H groups in total. The molecular weight excluding hydrogens is 156 g/mol. The summed E-state index contributed by atoms with van der Waals surface area (Å²) in [5.74, 6) is 0.637. The monoisotopic (exact) mass is 164 g/mol. The number of rotatable bonds is 1. The molecule has 1 aromatic rings. The molecule has 11 heavy (non-hydrogen) atoms. The normalized spacial score (nSPS) is 8.91. The maximum absolute atomic E-state index is 4.46. The fourth-order valence-electron chi connectivity index (χ4n) is 0.924. The van der Waals surface area contributed by atoms with Crippen LogP contribution >= 0.6 is 12.2 Å². The standard InChI is InChI=1S/C8H8N2S/c1-6-3-7(2)10-8(4-6)9-5-11/h3-4H,1-2H3. The second-order valence-corrected chi connectivity index (χ2v) is 2.53. The zero-order valence-corrected chi connectivity index (χ0v) is 7.27. The van der Waals surface area contributed by atoms with Crippen LogP contribution in [0.2, 0.25) is 0 Å². The molecule has 0 saturated carbocycles. The van der Waals surface area contributed by atoms with Crippen LogP contribution in [0.5, 0.6) is 0 Å². The highest BCUT2D eigenvalue weighted by molar-refractivity contribution is 7.78. The highest BCUT2D eigenvalue weighted by atomic mass is 32.1. The molecule has 0 fully saturated rings. The van der Waals surface area contributed by atoms with Gasteiger partial charge in [0.2, 0.25) is 0 Å². The molecule has 0 amide bonds. The zero-order chi connectivity index (χ0) is 8.27. The van der Waals surface area contributed by atoms with Gasteiger partial charge in [-0.1, -0.05) is 0 Å². The van der Waals surface area contributed by atoms with Gasteiger partial charge in [0.25, 0.3) is 0 Å². The Morgan fingerprint density at radius 3 is 2.73 bits per heavy atom. The Morgan fingerprint density at radius 1 is 1.45 bits per heavy atom. The topological polar surface area (TPSA) is 25.2 Å². The van der Waals surface area contributed by atoms with Crippen molar-refractivity contribution < 1.29 is 0 Å². The maximum Gasteiger partial charge on any atom is 0.162 e. The summed E-state index contributed by atoms with van der Waals surface area (Å²) in [5, 5.41) is 2.28. The Morgan fingerprint density at radius 2 is 2.18 bits per heavy atom. The Hall–Kier alpha value is -1.05. The van der Waals surface area contributed by atoms with E-state index in [0.717, 1.165) is 11.3 Å². The lowest BCUT2D eigenvalue weighted by molar-refractivity contribution is 1.16. The van der Waals surface area contributed by atoms with Crippen molar-refractivity contribution >= 4 is 23.2 Å². The van der Waals surface area contributed by atoms with Gasteiger partial charge >= 0.3 is 0 Å². The van der Waals surface area contributed by atoms with Crippen LogP contribution < -0.4 is 0 Å². The average Bonchev–Trinajstić information content (AvgIpc) is 1.85. The summed E-state index contributed by atoms with van der Waals surface area (Å²) in [6.07, 6.45) is 0. The molecule has 0 unspecified atom stereocenters. The van der Waals surface area contributed by atoms with E-state index >= 15 is 0 Å². The van der Waals surface area contributed by atoms with Crippen molar-refractivity contribution in [3.63, 3.8) is 0 Å². The van der Waals surface area contributed by atoms with E-state index in [1.807, 2.05) is 26.0 Å². The second kappa shape index (κ2) is 3.37. The molecule has 3 heteroatoms. The lowest BCUT2D eigenvalue weighted by atomic mass is 10.2. The molecule has 1 aromatic heterocycles. The van der Waals surface area contributed by atoms with Gasteiger partial charge in [0.15, 0.2) is 5.82 Å². The van der Waals surface area contributed by atoms with E-state index in [0.29, 0.717) is 5.82 Å². The van der Waals surface area contributed by atoms with Crippen LogP contribution in [-0.2, 0) is 0 Å². The molecule has 0 atom stereocenters. The van der Waals surface area contributed by atoms with Crippen LogP contribution in [0.3, 0.4) is 0 Å². The molecule has 0 radical (unpaired) electrons. The molecule has 2 nitrogen and oxygen atoms in total. The molecule has 0 saturated heterocycles. The number of pyridine rings is 1. The van der Waals surface area contributed by atoms with E-state index in [1.165, 1.54) is 0 Å². The van der Waals surface area contributed by atoms with E-state index in [9.17, 15) is 0 Å². The van der Waals surface area contributed by atoms with E-state index < -0.39 is 0 Å². The van der Waals surface area contributed by atoms with Gasteiger partial charge in [0, 0.05) is 5.69 Å². The summed E-state index contributed by atoms with van der Waals surface area (Å²) < 4.78 is 0. The van der Waals surface area contributed by atoms with Gasteiger partial charge in [-0.05, 0) is 43.8 Å². The first-order valence-electron chi connectivity index (χ1n) is 3.25. The van der Waals surface area contributed by atoms with Crippen molar-refractivity contribution in [2.75, 3.05) is 0 Å². The Bertz CT molecular complexity index is 294. The van der Waals surface area contributed by atoms with Crippen LogP contribution in [0.1, 0.15) is 11.3 Å². The molecule has 56 valence electrons. The number of aromatic nitrogens is 1. The largest absolute Gasteiger partial charge is 0.233 e. The Balaban J connectivity index is 3.18. The summed E-state index contributed by atoms with van der Waals surface area (Å²) in [7, 11) is 0. The summed E-state index contributed by atoms with van der Waals surface area (Å²) >= 11 is 4.46. The number of isothiocyanates is 1. The summed E-state index contributed by atoms with van der Waals surface area (Å²) in [6.45, 7) is 3.92. The first-order valence-corrected chi connectivity index (χ1v) is 3.66. The molecule has 0 bridgehead atoms. The average molecular weight is 164 g/mol. The van der Waals surface area contributed by atoms with Gasteiger partial charge in [-0.15, -0.1) is 0 Å². The second-order valence-electron chi connectivity index (χ2n) is 2.35. The Labute approximate surface area is 71.0 Å². The summed E-state index contributed by atoms with van der Waals surface area (Å²) in [6, 6.07) is 3.86. The quantitative estimate of drug-likeness (QED) is 0.470. The van der Waals surface area contributed by atoms with Crippen LogP contribution in [0.25, 0.3) is 0 Å². The lowest BCUT2D eigenvalue weighted by Gasteiger charge is -1.95. The van der Waals surface area contributed by atoms with Gasteiger partial charge in [0.05, 0.1) is 5.16 Å². The predicted molar refractivity (Wildman–Crippen MR) is 48.4 cm³/mol. The summed E-state index contributed by atoms with van der Waals surface area (Å²) in [4.78, 5) is 7.91. The lowest BCUT2D eigenvalue weighted by Crippen LogP contribution is -1.82. The molecular formula is C8H8N2S. The van der Waals surface area contributed by atoms with E-state index in [-0.39, 0.29) is 0 Å². The number of aryl methyl sites for hydroxylation is 2. The van der Waals surface area contributed by atoms with Crippen molar-refractivity contribution in [1.82, 2.24) is 4.98 Å². The van der Waals surface area contributed by atoms with Crippen molar-refractivity contribution in [2.24, 2.45) is 4.99 Å². The van der Waals surface area contributed by atoms with Gasteiger partial charge in [-0.3, -0.25) is 0 Å². The minimum Gasteiger partial charge on any atom is -0.233 e. The van der Waals surface area contributed by atoms with E-state index in [4.69, 9.17) is 0 Å². The molecule has 0 spiro atoms. The fraction of sp³-hybridized carbons (Fsp3) is 0.250. The van der Waals surface area contributed by atoms with Gasteiger partial charge < -0.3 is 0 Å². The molecule has 0 aromatic carbocycles. The smallest absolute Gasteiger partial charge is 0.162 e. The first-order chi connectivity index (χ1) is 5.22. The van der Waals surface area contributed by atoms with Crippen LogP contribution in [0.15, 0.2) is 17.1 Å². The van der Waals surface area contributed by atoms with Crippen LogP contribution in [0.4, 0.5) is 5.82 Å². The zero-order valence-electron chi connectivity index (χ0n) is 6.46. The highest BCUT2D eigenvalue weighted by Crippen LogP contribution is 2.10. The third-order valence-corrected chi connectivity index (χ3v) is 1.34. The molecule has 0 aliphatic carbocycles. The summed E-state index contributed by atoms with van der Waals surface area (Å²) in [5.41, 5.74) is 2.09. The molecule has 1 heterocycles. The van der Waals surface area contributed by atoms with Crippen LogP contribution in [-0.4, -0.2) is 10.1 Å². The van der Waals surface area contributed by atoms with Gasteiger partial charge in [-0.25, -0.2) is 4.98 Å². The van der Waals surface area contributed by atoms with E-state index in [2.05, 4.69) is 27.4 Å².